The molecule has 1 atom stereocenters. The van der Waals surface area contributed by atoms with Gasteiger partial charge in [0.15, 0.2) is 5.65 Å². The first kappa shape index (κ1) is 13.5. The van der Waals surface area contributed by atoms with Crippen molar-refractivity contribution in [2.45, 2.75) is 19.4 Å². The smallest absolute Gasteiger partial charge is 0.219 e. The maximum absolute atomic E-state index is 10.1. The van der Waals surface area contributed by atoms with Gasteiger partial charge in [-0.25, -0.2) is 4.40 Å². The highest BCUT2D eigenvalue weighted by atomic mass is 16.5. The molecule has 0 spiro atoms. The van der Waals surface area contributed by atoms with Gasteiger partial charge in [0.05, 0.1) is 12.4 Å². The molecule has 0 saturated carbocycles. The van der Waals surface area contributed by atoms with Crippen molar-refractivity contribution in [1.82, 2.24) is 19.6 Å². The minimum Gasteiger partial charge on any atom is -0.474 e. The Hall–Kier alpha value is -2.47. The van der Waals surface area contributed by atoms with Gasteiger partial charge in [0.1, 0.15) is 18.5 Å². The second-order valence-electron chi connectivity index (χ2n) is 4.65. The summed E-state index contributed by atoms with van der Waals surface area (Å²) in [6.07, 6.45) is 3.28. The van der Waals surface area contributed by atoms with Crippen LogP contribution in [0.15, 0.2) is 42.7 Å². The van der Waals surface area contributed by atoms with Gasteiger partial charge in [-0.3, -0.25) is 4.98 Å². The molecule has 1 N–H and O–H groups in total. The maximum atomic E-state index is 10.1. The predicted octanol–water partition coefficient (Wildman–Crippen LogP) is 1.80. The molecular formula is C15H16N4O2. The first-order valence-electron chi connectivity index (χ1n) is 6.83. The predicted molar refractivity (Wildman–Crippen MR) is 77.1 cm³/mol. The highest BCUT2D eigenvalue weighted by Gasteiger charge is 2.12. The van der Waals surface area contributed by atoms with Crippen LogP contribution in [0.3, 0.4) is 0 Å². The second-order valence-corrected chi connectivity index (χ2v) is 4.65. The Morgan fingerprint density at radius 1 is 1.19 bits per heavy atom. The van der Waals surface area contributed by atoms with E-state index in [1.807, 2.05) is 41.7 Å². The summed E-state index contributed by atoms with van der Waals surface area (Å²) in [5.41, 5.74) is 1.45. The van der Waals surface area contributed by atoms with E-state index in [9.17, 15) is 5.11 Å². The molecule has 1 unspecified atom stereocenters. The summed E-state index contributed by atoms with van der Waals surface area (Å²) in [4.78, 5) is 4.08. The lowest BCUT2D eigenvalue weighted by atomic mass is 10.1. The summed E-state index contributed by atoms with van der Waals surface area (Å²) in [6.45, 7) is 2.14. The SMILES string of the molecule is CCc1nnc2cncc(OCC(O)c3ccccc3)n12. The van der Waals surface area contributed by atoms with Crippen LogP contribution in [-0.2, 0) is 6.42 Å². The van der Waals surface area contributed by atoms with Crippen LogP contribution in [0.25, 0.3) is 5.65 Å². The van der Waals surface area contributed by atoms with Crippen molar-refractivity contribution in [2.75, 3.05) is 6.61 Å². The van der Waals surface area contributed by atoms with Crippen molar-refractivity contribution in [1.29, 1.82) is 0 Å². The van der Waals surface area contributed by atoms with Crippen LogP contribution in [0.1, 0.15) is 24.4 Å². The molecule has 2 heterocycles. The molecule has 0 amide bonds. The van der Waals surface area contributed by atoms with Crippen LogP contribution in [0.2, 0.25) is 0 Å². The number of aromatic nitrogens is 4. The fourth-order valence-electron chi connectivity index (χ4n) is 2.15. The highest BCUT2D eigenvalue weighted by Crippen LogP contribution is 2.18. The van der Waals surface area contributed by atoms with Crippen molar-refractivity contribution in [3.05, 3.63) is 54.1 Å². The first-order valence-corrected chi connectivity index (χ1v) is 6.83. The van der Waals surface area contributed by atoms with Crippen LogP contribution in [0.4, 0.5) is 0 Å². The number of aliphatic hydroxyl groups is 1. The van der Waals surface area contributed by atoms with E-state index in [2.05, 4.69) is 15.2 Å². The molecule has 6 nitrogen and oxygen atoms in total. The van der Waals surface area contributed by atoms with Crippen LogP contribution < -0.4 is 4.74 Å². The van der Waals surface area contributed by atoms with E-state index < -0.39 is 6.10 Å². The molecule has 3 rings (SSSR count). The largest absolute Gasteiger partial charge is 0.474 e. The Kier molecular flexibility index (Phi) is 3.79. The van der Waals surface area contributed by atoms with E-state index in [1.165, 1.54) is 0 Å². The Morgan fingerprint density at radius 3 is 2.76 bits per heavy atom. The minimum absolute atomic E-state index is 0.145. The zero-order chi connectivity index (χ0) is 14.7. The standard InChI is InChI=1S/C15H16N4O2/c1-2-13-17-18-14-8-16-9-15(19(13)14)21-10-12(20)11-6-4-3-5-7-11/h3-9,12,20H,2,10H2,1H3. The van der Waals surface area contributed by atoms with Gasteiger partial charge < -0.3 is 9.84 Å². The van der Waals surface area contributed by atoms with Crippen molar-refractivity contribution < 1.29 is 9.84 Å². The molecule has 0 aliphatic rings. The number of benzene rings is 1. The van der Waals surface area contributed by atoms with Gasteiger partial charge in [-0.2, -0.15) is 0 Å². The van der Waals surface area contributed by atoms with E-state index in [0.717, 1.165) is 17.8 Å². The van der Waals surface area contributed by atoms with Crippen LogP contribution in [0.5, 0.6) is 5.88 Å². The lowest BCUT2D eigenvalue weighted by molar-refractivity contribution is 0.104. The number of rotatable bonds is 5. The number of hydrogen-bond acceptors (Lipinski definition) is 5. The maximum Gasteiger partial charge on any atom is 0.219 e. The van der Waals surface area contributed by atoms with Gasteiger partial charge >= 0.3 is 0 Å². The Balaban J connectivity index is 1.81. The fraction of sp³-hybridized carbons (Fsp3) is 0.267. The van der Waals surface area contributed by atoms with Gasteiger partial charge in [-0.05, 0) is 5.56 Å². The zero-order valence-electron chi connectivity index (χ0n) is 11.7. The van der Waals surface area contributed by atoms with Crippen LogP contribution in [-0.4, -0.2) is 31.3 Å². The minimum atomic E-state index is -0.692. The molecule has 3 aromatic rings. The van der Waals surface area contributed by atoms with Gasteiger partial charge in [0, 0.05) is 6.42 Å². The molecule has 0 saturated heterocycles. The molecular weight excluding hydrogens is 268 g/mol. The van der Waals surface area contributed by atoms with Crippen LogP contribution >= 0.6 is 0 Å². The zero-order valence-corrected chi connectivity index (χ0v) is 11.7. The molecule has 0 radical (unpaired) electrons. The number of aryl methyl sites for hydroxylation is 1. The lowest BCUT2D eigenvalue weighted by Gasteiger charge is -2.13. The van der Waals surface area contributed by atoms with Crippen molar-refractivity contribution >= 4 is 5.65 Å². The average Bonchev–Trinajstić information content (AvgIpc) is 2.97. The Morgan fingerprint density at radius 2 is 2.00 bits per heavy atom. The average molecular weight is 284 g/mol. The molecule has 2 aromatic heterocycles. The lowest BCUT2D eigenvalue weighted by Crippen LogP contribution is -2.12. The monoisotopic (exact) mass is 284 g/mol. The molecule has 6 heteroatoms. The van der Waals surface area contributed by atoms with Crippen molar-refractivity contribution in [2.24, 2.45) is 0 Å². The van der Waals surface area contributed by atoms with Crippen molar-refractivity contribution in [3.8, 4) is 5.88 Å². The molecule has 108 valence electrons. The summed E-state index contributed by atoms with van der Waals surface area (Å²) >= 11 is 0. The first-order chi connectivity index (χ1) is 10.3. The van der Waals surface area contributed by atoms with E-state index >= 15 is 0 Å². The van der Waals surface area contributed by atoms with E-state index in [-0.39, 0.29) is 6.61 Å². The number of ether oxygens (including phenoxy) is 1. The topological polar surface area (TPSA) is 72.5 Å². The summed E-state index contributed by atoms with van der Waals surface area (Å²) < 4.78 is 7.52. The van der Waals surface area contributed by atoms with E-state index in [4.69, 9.17) is 4.74 Å². The highest BCUT2D eigenvalue weighted by molar-refractivity contribution is 5.38. The molecule has 0 aliphatic heterocycles. The summed E-state index contributed by atoms with van der Waals surface area (Å²) in [7, 11) is 0. The van der Waals surface area contributed by atoms with Crippen molar-refractivity contribution in [3.63, 3.8) is 0 Å². The van der Waals surface area contributed by atoms with Gasteiger partial charge in [-0.1, -0.05) is 37.3 Å². The number of fused-ring (bicyclic) bond motifs is 1. The second kappa shape index (κ2) is 5.88. The Bertz CT molecular complexity index is 727. The summed E-state index contributed by atoms with van der Waals surface area (Å²) in [6, 6.07) is 9.41. The summed E-state index contributed by atoms with van der Waals surface area (Å²) in [5.74, 6) is 1.33. The van der Waals surface area contributed by atoms with Gasteiger partial charge in [0.25, 0.3) is 0 Å². The number of hydrogen-bond donors (Lipinski definition) is 1. The molecule has 0 aliphatic carbocycles. The fourth-order valence-corrected chi connectivity index (χ4v) is 2.15. The third-order valence-corrected chi connectivity index (χ3v) is 3.24. The molecule has 0 bridgehead atoms. The third kappa shape index (κ3) is 2.71. The summed E-state index contributed by atoms with van der Waals surface area (Å²) in [5, 5.41) is 18.3. The van der Waals surface area contributed by atoms with Crippen LogP contribution in [0, 0.1) is 0 Å². The van der Waals surface area contributed by atoms with Gasteiger partial charge in [-0.15, -0.1) is 10.2 Å². The Labute approximate surface area is 122 Å². The normalized spacial score (nSPS) is 12.5. The molecule has 21 heavy (non-hydrogen) atoms. The van der Waals surface area contributed by atoms with Gasteiger partial charge in [0.2, 0.25) is 5.88 Å². The molecule has 0 fully saturated rings. The van der Waals surface area contributed by atoms with E-state index in [0.29, 0.717) is 11.5 Å². The molecule has 1 aromatic carbocycles. The quantitative estimate of drug-likeness (QED) is 0.773. The number of nitrogens with zero attached hydrogens (tertiary/aromatic N) is 4. The number of aliphatic hydroxyl groups excluding tert-OH is 1. The third-order valence-electron chi connectivity index (χ3n) is 3.24. The van der Waals surface area contributed by atoms with E-state index in [1.54, 1.807) is 12.4 Å².